The van der Waals surface area contributed by atoms with E-state index in [0.29, 0.717) is 12.0 Å². The molecule has 1 aromatic carbocycles. The van der Waals surface area contributed by atoms with E-state index in [2.05, 4.69) is 24.8 Å². The molecule has 0 N–H and O–H groups in total. The SMILES string of the molecule is CC(=O)c1ccccc1N(CC(C)C)C1CC1. The van der Waals surface area contributed by atoms with Crippen molar-refractivity contribution in [2.24, 2.45) is 5.92 Å². The van der Waals surface area contributed by atoms with Gasteiger partial charge in [0.05, 0.1) is 0 Å². The number of nitrogens with zero attached hydrogens (tertiary/aromatic N) is 1. The summed E-state index contributed by atoms with van der Waals surface area (Å²) >= 11 is 0. The summed E-state index contributed by atoms with van der Waals surface area (Å²) in [6.07, 6.45) is 2.53. The molecule has 0 amide bonds. The summed E-state index contributed by atoms with van der Waals surface area (Å²) in [5.74, 6) is 0.783. The summed E-state index contributed by atoms with van der Waals surface area (Å²) in [6.45, 7) is 7.14. The summed E-state index contributed by atoms with van der Waals surface area (Å²) in [5, 5.41) is 0. The van der Waals surface area contributed by atoms with Crippen molar-refractivity contribution in [3.05, 3.63) is 29.8 Å². The minimum Gasteiger partial charge on any atom is -0.368 e. The Balaban J connectivity index is 2.31. The lowest BCUT2D eigenvalue weighted by molar-refractivity contribution is 0.101. The van der Waals surface area contributed by atoms with Crippen molar-refractivity contribution in [2.45, 2.75) is 39.7 Å². The minimum atomic E-state index is 0.162. The van der Waals surface area contributed by atoms with Crippen LogP contribution in [0.5, 0.6) is 0 Å². The number of carbonyl (C=O) groups is 1. The number of rotatable bonds is 5. The highest BCUT2D eigenvalue weighted by atomic mass is 16.1. The van der Waals surface area contributed by atoms with Gasteiger partial charge in [-0.25, -0.2) is 0 Å². The number of hydrogen-bond acceptors (Lipinski definition) is 2. The zero-order valence-corrected chi connectivity index (χ0v) is 10.9. The lowest BCUT2D eigenvalue weighted by Gasteiger charge is -2.28. The van der Waals surface area contributed by atoms with Crippen molar-refractivity contribution in [3.8, 4) is 0 Å². The standard InChI is InChI=1S/C15H21NO/c1-11(2)10-16(13-8-9-13)15-7-5-4-6-14(15)12(3)17/h4-7,11,13H,8-10H2,1-3H3. The number of hydrogen-bond donors (Lipinski definition) is 0. The van der Waals surface area contributed by atoms with Crippen LogP contribution in [0.15, 0.2) is 24.3 Å². The van der Waals surface area contributed by atoms with E-state index in [1.807, 2.05) is 18.2 Å². The van der Waals surface area contributed by atoms with Gasteiger partial charge >= 0.3 is 0 Å². The van der Waals surface area contributed by atoms with E-state index in [9.17, 15) is 4.79 Å². The van der Waals surface area contributed by atoms with Crippen LogP contribution < -0.4 is 4.90 Å². The predicted octanol–water partition coefficient (Wildman–Crippen LogP) is 3.51. The Hall–Kier alpha value is -1.31. The molecular weight excluding hydrogens is 210 g/mol. The van der Waals surface area contributed by atoms with Gasteiger partial charge in [-0.2, -0.15) is 0 Å². The van der Waals surface area contributed by atoms with E-state index in [0.717, 1.165) is 17.8 Å². The molecule has 0 heterocycles. The lowest BCUT2D eigenvalue weighted by Crippen LogP contribution is -2.31. The first-order valence-corrected chi connectivity index (χ1v) is 6.46. The first kappa shape index (κ1) is 12.2. The van der Waals surface area contributed by atoms with E-state index in [4.69, 9.17) is 0 Å². The van der Waals surface area contributed by atoms with Crippen LogP contribution in [0.1, 0.15) is 44.0 Å². The Bertz CT molecular complexity index is 407. The number of carbonyl (C=O) groups excluding carboxylic acids is 1. The van der Waals surface area contributed by atoms with Gasteiger partial charge in [-0.1, -0.05) is 26.0 Å². The second-order valence-corrected chi connectivity index (χ2v) is 5.35. The molecule has 0 bridgehead atoms. The smallest absolute Gasteiger partial charge is 0.161 e. The van der Waals surface area contributed by atoms with Gasteiger partial charge in [0.2, 0.25) is 0 Å². The second kappa shape index (κ2) is 4.91. The van der Waals surface area contributed by atoms with E-state index in [1.54, 1.807) is 6.92 Å². The average Bonchev–Trinajstić information content (AvgIpc) is 3.09. The molecule has 0 atom stereocenters. The number of ketones is 1. The molecule has 1 aliphatic rings. The maximum Gasteiger partial charge on any atom is 0.161 e. The quantitative estimate of drug-likeness (QED) is 0.723. The topological polar surface area (TPSA) is 20.3 Å². The van der Waals surface area contributed by atoms with Crippen molar-refractivity contribution >= 4 is 11.5 Å². The molecule has 2 nitrogen and oxygen atoms in total. The fourth-order valence-electron chi connectivity index (χ4n) is 2.25. The zero-order chi connectivity index (χ0) is 12.4. The Labute approximate surface area is 104 Å². The van der Waals surface area contributed by atoms with Crippen LogP contribution in [0.2, 0.25) is 0 Å². The monoisotopic (exact) mass is 231 g/mol. The van der Waals surface area contributed by atoms with Crippen LogP contribution in [0.4, 0.5) is 5.69 Å². The lowest BCUT2D eigenvalue weighted by atomic mass is 10.1. The molecule has 0 radical (unpaired) electrons. The molecule has 0 spiro atoms. The van der Waals surface area contributed by atoms with Crippen LogP contribution in [0, 0.1) is 5.92 Å². The first-order valence-electron chi connectivity index (χ1n) is 6.46. The molecule has 1 aliphatic carbocycles. The predicted molar refractivity (Wildman–Crippen MR) is 71.7 cm³/mol. The molecule has 1 fully saturated rings. The van der Waals surface area contributed by atoms with Gasteiger partial charge in [0.25, 0.3) is 0 Å². The summed E-state index contributed by atoms with van der Waals surface area (Å²) in [5.41, 5.74) is 1.98. The molecular formula is C15H21NO. The Morgan fingerprint density at radius 2 is 2.00 bits per heavy atom. The Morgan fingerprint density at radius 3 is 2.53 bits per heavy atom. The van der Waals surface area contributed by atoms with Crippen molar-refractivity contribution in [1.82, 2.24) is 0 Å². The summed E-state index contributed by atoms with van der Waals surface area (Å²) in [7, 11) is 0. The molecule has 2 heteroatoms. The van der Waals surface area contributed by atoms with Gasteiger partial charge in [-0.05, 0) is 37.8 Å². The summed E-state index contributed by atoms with van der Waals surface area (Å²) in [4.78, 5) is 14.1. The average molecular weight is 231 g/mol. The van der Waals surface area contributed by atoms with E-state index < -0.39 is 0 Å². The normalized spacial score (nSPS) is 15.1. The zero-order valence-electron chi connectivity index (χ0n) is 10.9. The molecule has 92 valence electrons. The van der Waals surface area contributed by atoms with E-state index in [-0.39, 0.29) is 5.78 Å². The van der Waals surface area contributed by atoms with Crippen molar-refractivity contribution in [1.29, 1.82) is 0 Å². The first-order chi connectivity index (χ1) is 8.09. The highest BCUT2D eigenvalue weighted by molar-refractivity contribution is 5.99. The summed E-state index contributed by atoms with van der Waals surface area (Å²) in [6, 6.07) is 8.64. The molecule has 0 unspecified atom stereocenters. The van der Waals surface area contributed by atoms with Crippen LogP contribution >= 0.6 is 0 Å². The number of para-hydroxylation sites is 1. The number of anilines is 1. The molecule has 1 aromatic rings. The van der Waals surface area contributed by atoms with Crippen molar-refractivity contribution in [3.63, 3.8) is 0 Å². The third-order valence-corrected chi connectivity index (χ3v) is 3.14. The van der Waals surface area contributed by atoms with Crippen LogP contribution in [-0.4, -0.2) is 18.4 Å². The maximum absolute atomic E-state index is 11.7. The third-order valence-electron chi connectivity index (χ3n) is 3.14. The van der Waals surface area contributed by atoms with Crippen LogP contribution in [0.25, 0.3) is 0 Å². The molecule has 17 heavy (non-hydrogen) atoms. The molecule has 1 saturated carbocycles. The summed E-state index contributed by atoms with van der Waals surface area (Å²) < 4.78 is 0. The van der Waals surface area contributed by atoms with E-state index >= 15 is 0 Å². The molecule has 0 saturated heterocycles. The highest BCUT2D eigenvalue weighted by Crippen LogP contribution is 2.34. The van der Waals surface area contributed by atoms with Crippen molar-refractivity contribution < 1.29 is 4.79 Å². The van der Waals surface area contributed by atoms with Crippen LogP contribution in [-0.2, 0) is 0 Å². The maximum atomic E-state index is 11.7. The van der Waals surface area contributed by atoms with Gasteiger partial charge in [0.1, 0.15) is 0 Å². The fourth-order valence-corrected chi connectivity index (χ4v) is 2.25. The molecule has 0 aromatic heterocycles. The second-order valence-electron chi connectivity index (χ2n) is 5.35. The van der Waals surface area contributed by atoms with Gasteiger partial charge < -0.3 is 4.90 Å². The van der Waals surface area contributed by atoms with Gasteiger partial charge in [0.15, 0.2) is 5.78 Å². The molecule has 2 rings (SSSR count). The van der Waals surface area contributed by atoms with Gasteiger partial charge in [-0.15, -0.1) is 0 Å². The fraction of sp³-hybridized carbons (Fsp3) is 0.533. The third kappa shape index (κ3) is 2.87. The largest absolute Gasteiger partial charge is 0.368 e. The minimum absolute atomic E-state index is 0.162. The van der Waals surface area contributed by atoms with Gasteiger partial charge in [-0.3, -0.25) is 4.79 Å². The van der Waals surface area contributed by atoms with Crippen molar-refractivity contribution in [2.75, 3.05) is 11.4 Å². The number of benzene rings is 1. The van der Waals surface area contributed by atoms with Crippen LogP contribution in [0.3, 0.4) is 0 Å². The Morgan fingerprint density at radius 1 is 1.35 bits per heavy atom. The van der Waals surface area contributed by atoms with E-state index in [1.165, 1.54) is 12.8 Å². The Kier molecular flexibility index (Phi) is 3.51. The van der Waals surface area contributed by atoms with Gasteiger partial charge in [0, 0.05) is 23.8 Å². The highest BCUT2D eigenvalue weighted by Gasteiger charge is 2.31. The number of Topliss-reactive ketones (excluding diaryl/α,β-unsaturated/α-hetero) is 1. The molecule has 0 aliphatic heterocycles.